The summed E-state index contributed by atoms with van der Waals surface area (Å²) >= 11 is 2.98. The zero-order valence-corrected chi connectivity index (χ0v) is 16.1. The zero-order chi connectivity index (χ0) is 19.1. The fraction of sp³-hybridized carbons (Fsp3) is 0.0909. The predicted octanol–water partition coefficient (Wildman–Crippen LogP) is 4.11. The average Bonchev–Trinajstić information content (AvgIpc) is 2.69. The fourth-order valence-corrected chi connectivity index (χ4v) is 3.04. The van der Waals surface area contributed by atoms with Gasteiger partial charge in [-0.05, 0) is 0 Å². The van der Waals surface area contributed by atoms with Crippen molar-refractivity contribution >= 4 is 28.0 Å². The molecule has 135 valence electrons. The second-order valence-electron chi connectivity index (χ2n) is 5.81. The summed E-state index contributed by atoms with van der Waals surface area (Å²) in [6.07, 6.45) is 0.172. The van der Waals surface area contributed by atoms with E-state index in [1.807, 2.05) is 30.3 Å². The molecule has 5 heteroatoms. The van der Waals surface area contributed by atoms with Crippen LogP contribution in [0.15, 0.2) is 84.9 Å². The predicted molar refractivity (Wildman–Crippen MR) is 103 cm³/mol. The molecule has 0 heterocycles. The van der Waals surface area contributed by atoms with E-state index in [0.29, 0.717) is 17.1 Å². The summed E-state index contributed by atoms with van der Waals surface area (Å²) in [4.78, 5) is 24.1. The molecule has 0 aromatic heterocycles. The molecule has 3 aromatic rings. The molecule has 1 radical (unpaired) electrons. The first kappa shape index (κ1) is 18.9. The van der Waals surface area contributed by atoms with Gasteiger partial charge in [-0.15, -0.1) is 0 Å². The topological polar surface area (TPSA) is 52.6 Å². The molecule has 0 amide bonds. The average molecular weight is 424 g/mol. The minimum absolute atomic E-state index is 0.172. The van der Waals surface area contributed by atoms with Crippen LogP contribution in [0.3, 0.4) is 0 Å². The first-order valence-corrected chi connectivity index (χ1v) is 9.39. The monoisotopic (exact) mass is 425 g/mol. The van der Waals surface area contributed by atoms with E-state index in [1.165, 1.54) is 0 Å². The molecule has 4 nitrogen and oxygen atoms in total. The van der Waals surface area contributed by atoms with Crippen molar-refractivity contribution in [2.45, 2.75) is 11.2 Å². The Labute approximate surface area is 165 Å². The number of carbonyl (C=O) groups is 2. The summed E-state index contributed by atoms with van der Waals surface area (Å²) in [5.41, 5.74) is 1.33. The van der Waals surface area contributed by atoms with Gasteiger partial charge < -0.3 is 0 Å². The van der Waals surface area contributed by atoms with Crippen LogP contribution in [0.25, 0.3) is 0 Å². The number of carbonyl (C=O) groups excluding carboxylic acids is 2. The summed E-state index contributed by atoms with van der Waals surface area (Å²) in [5, 5.41) is 0. The second kappa shape index (κ2) is 9.17. The van der Waals surface area contributed by atoms with Gasteiger partial charge in [-0.2, -0.15) is 0 Å². The van der Waals surface area contributed by atoms with Crippen LogP contribution < -0.4 is 9.47 Å². The van der Waals surface area contributed by atoms with E-state index in [4.69, 9.17) is 9.47 Å². The van der Waals surface area contributed by atoms with E-state index in [0.717, 1.165) is 5.56 Å². The van der Waals surface area contributed by atoms with Crippen LogP contribution in [0.2, 0.25) is 0 Å². The Morgan fingerprint density at radius 3 is 2.11 bits per heavy atom. The maximum absolute atomic E-state index is 12.2. The van der Waals surface area contributed by atoms with Gasteiger partial charge in [-0.1, -0.05) is 0 Å². The number of rotatable bonds is 6. The molecule has 0 bridgehead atoms. The Bertz CT molecular complexity index is 910. The molecule has 3 aromatic carbocycles. The third-order valence-corrected chi connectivity index (χ3v) is 4.70. The molecule has 1 unspecified atom stereocenters. The maximum atomic E-state index is 12.2. The summed E-state index contributed by atoms with van der Waals surface area (Å²) in [7, 11) is 0. The first-order valence-electron chi connectivity index (χ1n) is 8.40. The Balaban J connectivity index is 1.62. The van der Waals surface area contributed by atoms with Crippen molar-refractivity contribution in [3.63, 3.8) is 0 Å². The van der Waals surface area contributed by atoms with Gasteiger partial charge in [-0.25, -0.2) is 0 Å². The van der Waals surface area contributed by atoms with Crippen molar-refractivity contribution < 1.29 is 19.1 Å². The van der Waals surface area contributed by atoms with Crippen molar-refractivity contribution in [2.75, 3.05) is 0 Å². The van der Waals surface area contributed by atoms with E-state index >= 15 is 0 Å². The van der Waals surface area contributed by atoms with Crippen molar-refractivity contribution in [1.82, 2.24) is 0 Å². The Hall–Kier alpha value is -2.88. The van der Waals surface area contributed by atoms with Gasteiger partial charge in [0, 0.05) is 0 Å². The van der Waals surface area contributed by atoms with Crippen LogP contribution >= 0.6 is 0 Å². The fourth-order valence-electron chi connectivity index (χ4n) is 2.45. The van der Waals surface area contributed by atoms with Crippen molar-refractivity contribution in [1.29, 1.82) is 0 Å². The molecule has 0 N–H and O–H groups in total. The van der Waals surface area contributed by atoms with Gasteiger partial charge in [-0.3, -0.25) is 0 Å². The molecule has 3 rings (SSSR count). The van der Waals surface area contributed by atoms with Gasteiger partial charge in [0.1, 0.15) is 0 Å². The summed E-state index contributed by atoms with van der Waals surface area (Å²) in [5.74, 6) is 0.183. The van der Waals surface area contributed by atoms with Crippen molar-refractivity contribution in [2.24, 2.45) is 0 Å². The Morgan fingerprint density at radius 1 is 0.778 bits per heavy atom. The van der Waals surface area contributed by atoms with Crippen LogP contribution in [0.4, 0.5) is 0 Å². The van der Waals surface area contributed by atoms with E-state index in [2.05, 4.69) is 16.0 Å². The number of ether oxygens (including phenoxy) is 2. The SMILES string of the molecule is O=C(CC([Se])c1cccc(OC(=O)c2ccccc2)c1)Oc1ccccc1. The third-order valence-electron chi connectivity index (χ3n) is 3.78. The molecule has 0 saturated heterocycles. The number of para-hydroxylation sites is 1. The number of benzene rings is 3. The van der Waals surface area contributed by atoms with E-state index in [1.54, 1.807) is 54.6 Å². The third kappa shape index (κ3) is 5.55. The van der Waals surface area contributed by atoms with E-state index in [9.17, 15) is 9.59 Å². The van der Waals surface area contributed by atoms with E-state index < -0.39 is 5.97 Å². The first-order chi connectivity index (χ1) is 13.1. The molecule has 0 saturated carbocycles. The van der Waals surface area contributed by atoms with Crippen LogP contribution in [-0.4, -0.2) is 28.0 Å². The van der Waals surface area contributed by atoms with Crippen LogP contribution in [0.1, 0.15) is 27.2 Å². The van der Waals surface area contributed by atoms with Gasteiger partial charge in [0.25, 0.3) is 0 Å². The van der Waals surface area contributed by atoms with Crippen LogP contribution in [0, 0.1) is 0 Å². The number of hydrogen-bond donors (Lipinski definition) is 0. The quantitative estimate of drug-likeness (QED) is 0.340. The van der Waals surface area contributed by atoms with Crippen molar-refractivity contribution in [3.8, 4) is 11.5 Å². The normalized spacial score (nSPS) is 11.4. The molecular weight excluding hydrogens is 407 g/mol. The van der Waals surface area contributed by atoms with Gasteiger partial charge in [0.05, 0.1) is 0 Å². The zero-order valence-electron chi connectivity index (χ0n) is 14.4. The molecule has 0 fully saturated rings. The van der Waals surface area contributed by atoms with Gasteiger partial charge >= 0.3 is 166 Å². The Kier molecular flexibility index (Phi) is 6.42. The van der Waals surface area contributed by atoms with Gasteiger partial charge in [0.15, 0.2) is 0 Å². The minimum atomic E-state index is -0.423. The Morgan fingerprint density at radius 2 is 1.41 bits per heavy atom. The number of esters is 2. The summed E-state index contributed by atoms with van der Waals surface area (Å²) < 4.78 is 10.7. The molecule has 0 aliphatic rings. The second-order valence-corrected chi connectivity index (χ2v) is 7.00. The molecule has 0 spiro atoms. The molecule has 0 aliphatic carbocycles. The summed E-state index contributed by atoms with van der Waals surface area (Å²) in [6.45, 7) is 0. The van der Waals surface area contributed by atoms with Crippen LogP contribution in [-0.2, 0) is 4.79 Å². The van der Waals surface area contributed by atoms with Gasteiger partial charge in [0.2, 0.25) is 0 Å². The van der Waals surface area contributed by atoms with E-state index in [-0.39, 0.29) is 17.2 Å². The molecular formula is C22H17O4Se. The van der Waals surface area contributed by atoms with Crippen molar-refractivity contribution in [3.05, 3.63) is 96.1 Å². The standard InChI is InChI=1S/C22H17O4Se/c23-21(25-18-11-5-2-6-12-18)15-20(27)17-10-7-13-19(14-17)26-22(24)16-8-3-1-4-9-16/h1-14,20H,15H2. The van der Waals surface area contributed by atoms with Crippen LogP contribution in [0.5, 0.6) is 11.5 Å². The molecule has 0 aliphatic heterocycles. The molecule has 27 heavy (non-hydrogen) atoms. The summed E-state index contributed by atoms with van der Waals surface area (Å²) in [6, 6.07) is 24.8. The number of hydrogen-bond acceptors (Lipinski definition) is 4. The molecule has 1 atom stereocenters.